The van der Waals surface area contributed by atoms with Crippen LogP contribution in [-0.4, -0.2) is 10.8 Å². The third-order valence-electron chi connectivity index (χ3n) is 2.15. The molecule has 0 unspecified atom stereocenters. The molecule has 0 radical (unpaired) electrons. The van der Waals surface area contributed by atoms with E-state index in [-0.39, 0.29) is 12.0 Å². The molecule has 0 atom stereocenters. The van der Waals surface area contributed by atoms with E-state index in [1.54, 1.807) is 0 Å². The van der Waals surface area contributed by atoms with Gasteiger partial charge in [0.05, 0.1) is 4.92 Å². The molecule has 0 spiro atoms. The van der Waals surface area contributed by atoms with Crippen molar-refractivity contribution in [3.05, 3.63) is 45.5 Å². The smallest absolute Gasteiger partial charge is 0.369 e. The molecule has 0 heterocycles. The molecule has 1 aromatic rings. The standard InChI is InChI=1S/C11H9F3N2O3/c12-11(13,14)8-5-4-7(2-1-3-10(15)17)6-9(8)16(18)19/h1-2,4-6H,3H2,(H2,15,17). The molecule has 8 heteroatoms. The number of nitrogens with zero attached hydrogens (tertiary/aromatic N) is 1. The maximum atomic E-state index is 12.5. The highest BCUT2D eigenvalue weighted by molar-refractivity contribution is 5.76. The minimum atomic E-state index is -4.79. The van der Waals surface area contributed by atoms with Gasteiger partial charge < -0.3 is 5.73 Å². The lowest BCUT2D eigenvalue weighted by atomic mass is 10.1. The van der Waals surface area contributed by atoms with Crippen molar-refractivity contribution in [3.63, 3.8) is 0 Å². The third kappa shape index (κ3) is 4.09. The molecular weight excluding hydrogens is 265 g/mol. The van der Waals surface area contributed by atoms with E-state index in [2.05, 4.69) is 0 Å². The summed E-state index contributed by atoms with van der Waals surface area (Å²) in [5.74, 6) is -0.613. The van der Waals surface area contributed by atoms with Gasteiger partial charge in [0.15, 0.2) is 0 Å². The maximum absolute atomic E-state index is 12.5. The first kappa shape index (κ1) is 14.7. The Morgan fingerprint density at radius 3 is 2.53 bits per heavy atom. The lowest BCUT2D eigenvalue weighted by Gasteiger charge is -2.07. The quantitative estimate of drug-likeness (QED) is 0.676. The Morgan fingerprint density at radius 2 is 2.05 bits per heavy atom. The molecule has 0 fully saturated rings. The molecule has 102 valence electrons. The maximum Gasteiger partial charge on any atom is 0.422 e. The first-order valence-electron chi connectivity index (χ1n) is 5.02. The van der Waals surface area contributed by atoms with Gasteiger partial charge in [-0.1, -0.05) is 18.2 Å². The second-order valence-electron chi connectivity index (χ2n) is 3.60. The Hall–Kier alpha value is -2.38. The average Bonchev–Trinajstić information content (AvgIpc) is 2.26. The summed E-state index contributed by atoms with van der Waals surface area (Å²) >= 11 is 0. The van der Waals surface area contributed by atoms with E-state index in [1.807, 2.05) is 0 Å². The number of alkyl halides is 3. The van der Waals surface area contributed by atoms with Crippen LogP contribution in [0.5, 0.6) is 0 Å². The van der Waals surface area contributed by atoms with Crippen molar-refractivity contribution in [2.75, 3.05) is 0 Å². The number of hydrogen-bond acceptors (Lipinski definition) is 3. The van der Waals surface area contributed by atoms with E-state index >= 15 is 0 Å². The van der Waals surface area contributed by atoms with Gasteiger partial charge >= 0.3 is 6.18 Å². The predicted molar refractivity (Wildman–Crippen MR) is 60.9 cm³/mol. The van der Waals surface area contributed by atoms with Crippen LogP contribution < -0.4 is 5.73 Å². The zero-order chi connectivity index (χ0) is 14.6. The van der Waals surface area contributed by atoms with Gasteiger partial charge in [0.1, 0.15) is 5.56 Å². The van der Waals surface area contributed by atoms with E-state index in [0.717, 1.165) is 12.1 Å². The molecule has 2 N–H and O–H groups in total. The first-order valence-corrected chi connectivity index (χ1v) is 5.02. The molecule has 0 aliphatic heterocycles. The second-order valence-corrected chi connectivity index (χ2v) is 3.60. The van der Waals surface area contributed by atoms with E-state index in [1.165, 1.54) is 12.2 Å². The summed E-state index contributed by atoms with van der Waals surface area (Å²) in [5, 5.41) is 10.6. The summed E-state index contributed by atoms with van der Waals surface area (Å²) in [7, 11) is 0. The Morgan fingerprint density at radius 1 is 1.42 bits per heavy atom. The Labute approximate surface area is 105 Å². The fourth-order valence-corrected chi connectivity index (χ4v) is 1.35. The van der Waals surface area contributed by atoms with Gasteiger partial charge in [0.2, 0.25) is 5.91 Å². The number of carbonyl (C=O) groups is 1. The molecule has 0 bridgehead atoms. The molecule has 1 amide bonds. The molecular formula is C11H9F3N2O3. The van der Waals surface area contributed by atoms with Crippen LogP contribution in [0.15, 0.2) is 24.3 Å². The number of rotatable bonds is 4. The molecule has 0 aromatic heterocycles. The highest BCUT2D eigenvalue weighted by Gasteiger charge is 2.38. The first-order chi connectivity index (χ1) is 8.71. The monoisotopic (exact) mass is 274 g/mol. The molecule has 19 heavy (non-hydrogen) atoms. The zero-order valence-electron chi connectivity index (χ0n) is 9.48. The van der Waals surface area contributed by atoms with Crippen LogP contribution in [0.25, 0.3) is 6.08 Å². The number of nitro groups is 1. The van der Waals surface area contributed by atoms with Crippen LogP contribution in [0.4, 0.5) is 18.9 Å². The number of carbonyl (C=O) groups excluding carboxylic acids is 1. The van der Waals surface area contributed by atoms with Gasteiger partial charge in [0.25, 0.3) is 5.69 Å². The third-order valence-corrected chi connectivity index (χ3v) is 2.15. The number of amides is 1. The Kier molecular flexibility index (Phi) is 4.26. The summed E-state index contributed by atoms with van der Waals surface area (Å²) in [6.07, 6.45) is -2.29. The summed E-state index contributed by atoms with van der Waals surface area (Å²) < 4.78 is 37.5. The van der Waals surface area contributed by atoms with Crippen molar-refractivity contribution >= 4 is 17.7 Å². The van der Waals surface area contributed by atoms with Gasteiger partial charge in [-0.2, -0.15) is 13.2 Å². The number of nitrogens with two attached hydrogens (primary N) is 1. The number of nitro benzene ring substituents is 1. The highest BCUT2D eigenvalue weighted by atomic mass is 19.4. The molecule has 0 aliphatic rings. The lowest BCUT2D eigenvalue weighted by molar-refractivity contribution is -0.388. The Balaban J connectivity index is 3.14. The summed E-state index contributed by atoms with van der Waals surface area (Å²) in [6.45, 7) is 0. The highest BCUT2D eigenvalue weighted by Crippen LogP contribution is 2.36. The van der Waals surface area contributed by atoms with Crippen LogP contribution in [0.3, 0.4) is 0 Å². The molecule has 0 aliphatic carbocycles. The van der Waals surface area contributed by atoms with Gasteiger partial charge in [-0.05, 0) is 11.6 Å². The topological polar surface area (TPSA) is 86.2 Å². The van der Waals surface area contributed by atoms with Crippen molar-refractivity contribution in [1.29, 1.82) is 0 Å². The van der Waals surface area contributed by atoms with Crippen molar-refractivity contribution < 1.29 is 22.9 Å². The minimum Gasteiger partial charge on any atom is -0.369 e. The van der Waals surface area contributed by atoms with Crippen LogP contribution in [0.2, 0.25) is 0 Å². The summed E-state index contributed by atoms with van der Waals surface area (Å²) in [4.78, 5) is 20.0. The zero-order valence-corrected chi connectivity index (χ0v) is 9.48. The molecule has 0 saturated heterocycles. The molecule has 1 aromatic carbocycles. The van der Waals surface area contributed by atoms with Gasteiger partial charge in [-0.25, -0.2) is 0 Å². The number of primary amides is 1. The normalized spacial score (nSPS) is 11.7. The van der Waals surface area contributed by atoms with E-state index in [0.29, 0.717) is 6.07 Å². The summed E-state index contributed by atoms with van der Waals surface area (Å²) in [5.41, 5.74) is 2.70. The lowest BCUT2D eigenvalue weighted by Crippen LogP contribution is -2.09. The fraction of sp³-hybridized carbons (Fsp3) is 0.182. The Bertz CT molecular complexity index is 538. The van der Waals surface area contributed by atoms with Gasteiger partial charge in [-0.3, -0.25) is 14.9 Å². The van der Waals surface area contributed by atoms with Crippen LogP contribution in [0, 0.1) is 10.1 Å². The van der Waals surface area contributed by atoms with Crippen molar-refractivity contribution in [3.8, 4) is 0 Å². The second kappa shape index (κ2) is 5.51. The SMILES string of the molecule is NC(=O)CC=Cc1ccc(C(F)(F)F)c([N+](=O)[O-])c1. The van der Waals surface area contributed by atoms with Crippen molar-refractivity contribution in [1.82, 2.24) is 0 Å². The fourth-order valence-electron chi connectivity index (χ4n) is 1.35. The molecule has 5 nitrogen and oxygen atoms in total. The van der Waals surface area contributed by atoms with E-state index in [9.17, 15) is 28.1 Å². The molecule has 1 rings (SSSR count). The van der Waals surface area contributed by atoms with Crippen molar-refractivity contribution in [2.45, 2.75) is 12.6 Å². The number of halogens is 3. The minimum absolute atomic E-state index is 0.102. The van der Waals surface area contributed by atoms with E-state index in [4.69, 9.17) is 5.73 Å². The predicted octanol–water partition coefficient (Wildman–Crippen LogP) is 2.50. The number of benzene rings is 1. The largest absolute Gasteiger partial charge is 0.422 e. The molecule has 0 saturated carbocycles. The van der Waals surface area contributed by atoms with Gasteiger partial charge in [-0.15, -0.1) is 0 Å². The number of hydrogen-bond donors (Lipinski definition) is 1. The van der Waals surface area contributed by atoms with Crippen LogP contribution >= 0.6 is 0 Å². The van der Waals surface area contributed by atoms with Crippen LogP contribution in [0.1, 0.15) is 17.5 Å². The van der Waals surface area contributed by atoms with Gasteiger partial charge in [0, 0.05) is 12.5 Å². The van der Waals surface area contributed by atoms with E-state index < -0.39 is 28.3 Å². The van der Waals surface area contributed by atoms with Crippen molar-refractivity contribution in [2.24, 2.45) is 5.73 Å². The average molecular weight is 274 g/mol. The summed E-state index contributed by atoms with van der Waals surface area (Å²) in [6, 6.07) is 2.50. The van der Waals surface area contributed by atoms with Crippen LogP contribution in [-0.2, 0) is 11.0 Å².